The zero-order chi connectivity index (χ0) is 19.6. The van der Waals surface area contributed by atoms with Crippen molar-refractivity contribution in [2.45, 2.75) is 32.1 Å². The van der Waals surface area contributed by atoms with Crippen LogP contribution in [-0.2, 0) is 0 Å². The first kappa shape index (κ1) is 19.7. The van der Waals surface area contributed by atoms with Gasteiger partial charge in [0.2, 0.25) is 0 Å². The number of allylic oxidation sites excluding steroid dienone is 1. The second-order valence-corrected chi connectivity index (χ2v) is 6.97. The van der Waals surface area contributed by atoms with E-state index in [1.165, 1.54) is 24.9 Å². The van der Waals surface area contributed by atoms with Crippen LogP contribution in [0.4, 0.5) is 5.69 Å². The third-order valence-electron chi connectivity index (χ3n) is 4.86. The van der Waals surface area contributed by atoms with Crippen molar-refractivity contribution in [3.05, 3.63) is 65.7 Å². The van der Waals surface area contributed by atoms with Crippen LogP contribution < -0.4 is 9.64 Å². The molecule has 144 valence electrons. The van der Waals surface area contributed by atoms with Crippen LogP contribution in [0.25, 0.3) is 6.08 Å². The summed E-state index contributed by atoms with van der Waals surface area (Å²) in [6.45, 7) is 2.72. The summed E-state index contributed by atoms with van der Waals surface area (Å²) in [7, 11) is 0. The summed E-state index contributed by atoms with van der Waals surface area (Å²) in [5.74, 6) is 0.740. The Bertz CT molecular complexity index is 844. The zero-order valence-electron chi connectivity index (χ0n) is 16.1. The topological polar surface area (TPSA) is 53.3 Å². The van der Waals surface area contributed by atoms with E-state index in [9.17, 15) is 4.79 Å². The first-order chi connectivity index (χ1) is 13.8. The van der Waals surface area contributed by atoms with Gasteiger partial charge in [0.1, 0.15) is 5.75 Å². The van der Waals surface area contributed by atoms with Gasteiger partial charge in [-0.25, -0.2) is 0 Å². The number of ether oxygens (including phenoxy) is 1. The van der Waals surface area contributed by atoms with Crippen molar-refractivity contribution in [2.24, 2.45) is 0 Å². The molecule has 4 heteroatoms. The monoisotopic (exact) mass is 374 g/mol. The van der Waals surface area contributed by atoms with Crippen molar-refractivity contribution in [1.82, 2.24) is 0 Å². The first-order valence-electron chi connectivity index (χ1n) is 9.93. The molecule has 0 N–H and O–H groups in total. The molecule has 0 spiro atoms. The third-order valence-corrected chi connectivity index (χ3v) is 4.86. The number of piperidine rings is 1. The quantitative estimate of drug-likeness (QED) is 0.359. The van der Waals surface area contributed by atoms with Gasteiger partial charge in [-0.05, 0) is 73.7 Å². The van der Waals surface area contributed by atoms with Crippen LogP contribution in [0.15, 0.2) is 54.6 Å². The van der Waals surface area contributed by atoms with Gasteiger partial charge in [0, 0.05) is 30.8 Å². The fourth-order valence-electron chi connectivity index (χ4n) is 3.31. The second kappa shape index (κ2) is 10.3. The van der Waals surface area contributed by atoms with E-state index in [1.807, 2.05) is 54.6 Å². The Hall–Kier alpha value is -3.06. The molecule has 1 aliphatic heterocycles. The molecule has 0 aromatic heterocycles. The number of ketones is 1. The fourth-order valence-corrected chi connectivity index (χ4v) is 3.31. The lowest BCUT2D eigenvalue weighted by Crippen LogP contribution is -2.29. The molecule has 3 rings (SSSR count). The van der Waals surface area contributed by atoms with E-state index in [1.54, 1.807) is 6.08 Å². The Morgan fingerprint density at radius 2 is 1.89 bits per heavy atom. The highest BCUT2D eigenvalue weighted by Gasteiger charge is 2.11. The van der Waals surface area contributed by atoms with Gasteiger partial charge >= 0.3 is 0 Å². The van der Waals surface area contributed by atoms with Crippen LogP contribution in [0, 0.1) is 11.3 Å². The van der Waals surface area contributed by atoms with Gasteiger partial charge in [-0.1, -0.05) is 18.2 Å². The van der Waals surface area contributed by atoms with E-state index < -0.39 is 0 Å². The highest BCUT2D eigenvalue weighted by molar-refractivity contribution is 6.07. The Kier molecular flexibility index (Phi) is 7.26. The average molecular weight is 374 g/mol. The Balaban J connectivity index is 1.58. The van der Waals surface area contributed by atoms with Crippen molar-refractivity contribution < 1.29 is 9.53 Å². The molecule has 4 nitrogen and oxygen atoms in total. The number of rotatable bonds is 8. The molecule has 1 saturated heterocycles. The molecule has 0 amide bonds. The summed E-state index contributed by atoms with van der Waals surface area (Å²) in [5.41, 5.74) is 2.80. The molecule has 1 fully saturated rings. The molecule has 0 atom stereocenters. The minimum absolute atomic E-state index is 0.00876. The predicted molar refractivity (Wildman–Crippen MR) is 113 cm³/mol. The van der Waals surface area contributed by atoms with Gasteiger partial charge in [0.05, 0.1) is 12.7 Å². The molecule has 0 bridgehead atoms. The number of carbonyl (C=O) groups excluding carboxylic acids is 1. The van der Waals surface area contributed by atoms with E-state index in [4.69, 9.17) is 10.00 Å². The van der Waals surface area contributed by atoms with Gasteiger partial charge in [0.15, 0.2) is 5.78 Å². The highest BCUT2D eigenvalue weighted by atomic mass is 16.5. The highest BCUT2D eigenvalue weighted by Crippen LogP contribution is 2.21. The molecule has 0 radical (unpaired) electrons. The Morgan fingerprint density at radius 1 is 1.11 bits per heavy atom. The summed E-state index contributed by atoms with van der Waals surface area (Å²) >= 11 is 0. The maximum atomic E-state index is 12.5. The molecule has 0 aliphatic carbocycles. The minimum Gasteiger partial charge on any atom is -0.494 e. The van der Waals surface area contributed by atoms with E-state index >= 15 is 0 Å². The SMILES string of the molecule is N#CCCCOc1cccc(/C=C/C(=O)c2ccc(N3CCCCC3)cc2)c1. The summed E-state index contributed by atoms with van der Waals surface area (Å²) < 4.78 is 5.64. The van der Waals surface area contributed by atoms with E-state index in [0.717, 1.165) is 24.4 Å². The van der Waals surface area contributed by atoms with E-state index in [2.05, 4.69) is 11.0 Å². The number of unbranched alkanes of at least 4 members (excludes halogenated alkanes) is 1. The zero-order valence-corrected chi connectivity index (χ0v) is 16.1. The number of nitriles is 1. The minimum atomic E-state index is -0.00876. The predicted octanol–water partition coefficient (Wildman–Crippen LogP) is 5.26. The van der Waals surface area contributed by atoms with Crippen LogP contribution in [0.2, 0.25) is 0 Å². The summed E-state index contributed by atoms with van der Waals surface area (Å²) in [6.07, 6.45) is 8.40. The molecular formula is C24H26N2O2. The largest absolute Gasteiger partial charge is 0.494 e. The van der Waals surface area contributed by atoms with Gasteiger partial charge in [-0.15, -0.1) is 0 Å². The van der Waals surface area contributed by atoms with Gasteiger partial charge < -0.3 is 9.64 Å². The molecular weight excluding hydrogens is 348 g/mol. The lowest BCUT2D eigenvalue weighted by atomic mass is 10.1. The maximum Gasteiger partial charge on any atom is 0.185 e. The second-order valence-electron chi connectivity index (χ2n) is 6.97. The standard InChI is InChI=1S/C24H26N2O2/c25-15-2-5-18-28-23-8-6-7-20(19-23)9-14-24(27)21-10-12-22(13-11-21)26-16-3-1-4-17-26/h6-14,19H,1-5,16-18H2/b14-9+. The molecule has 28 heavy (non-hydrogen) atoms. The summed E-state index contributed by atoms with van der Waals surface area (Å²) in [5, 5.41) is 8.56. The number of carbonyl (C=O) groups is 1. The number of hydrogen-bond donors (Lipinski definition) is 0. The normalized spacial score (nSPS) is 14.0. The number of hydrogen-bond acceptors (Lipinski definition) is 4. The van der Waals surface area contributed by atoms with Crippen LogP contribution in [-0.4, -0.2) is 25.5 Å². The lowest BCUT2D eigenvalue weighted by Gasteiger charge is -2.28. The molecule has 1 heterocycles. The van der Waals surface area contributed by atoms with Crippen LogP contribution >= 0.6 is 0 Å². The van der Waals surface area contributed by atoms with Crippen molar-refractivity contribution in [3.63, 3.8) is 0 Å². The molecule has 0 unspecified atom stereocenters. The number of anilines is 1. The number of nitrogens with zero attached hydrogens (tertiary/aromatic N) is 2. The Labute approximate surface area is 167 Å². The van der Waals surface area contributed by atoms with Gasteiger partial charge in [0.25, 0.3) is 0 Å². The smallest absolute Gasteiger partial charge is 0.185 e. The summed E-state index contributed by atoms with van der Waals surface area (Å²) in [6, 6.07) is 17.6. The van der Waals surface area contributed by atoms with Crippen molar-refractivity contribution in [2.75, 3.05) is 24.6 Å². The molecule has 2 aromatic rings. The molecule has 1 aliphatic rings. The van der Waals surface area contributed by atoms with Crippen molar-refractivity contribution >= 4 is 17.5 Å². The number of benzene rings is 2. The van der Waals surface area contributed by atoms with Crippen molar-refractivity contribution in [1.29, 1.82) is 5.26 Å². The van der Waals surface area contributed by atoms with E-state index in [-0.39, 0.29) is 5.78 Å². The average Bonchev–Trinajstić information content (AvgIpc) is 2.76. The molecule has 0 saturated carbocycles. The first-order valence-corrected chi connectivity index (χ1v) is 9.93. The van der Waals surface area contributed by atoms with Crippen LogP contribution in [0.1, 0.15) is 48.0 Å². The maximum absolute atomic E-state index is 12.5. The summed E-state index contributed by atoms with van der Waals surface area (Å²) in [4.78, 5) is 14.9. The van der Waals surface area contributed by atoms with Crippen LogP contribution in [0.5, 0.6) is 5.75 Å². The lowest BCUT2D eigenvalue weighted by molar-refractivity contribution is 0.104. The van der Waals surface area contributed by atoms with Crippen molar-refractivity contribution in [3.8, 4) is 11.8 Å². The molecule has 2 aromatic carbocycles. The van der Waals surface area contributed by atoms with Gasteiger partial charge in [-0.2, -0.15) is 5.26 Å². The van der Waals surface area contributed by atoms with Gasteiger partial charge in [-0.3, -0.25) is 4.79 Å². The van der Waals surface area contributed by atoms with E-state index in [0.29, 0.717) is 25.0 Å². The fraction of sp³-hybridized carbons (Fsp3) is 0.333. The van der Waals surface area contributed by atoms with Crippen LogP contribution in [0.3, 0.4) is 0 Å². The Morgan fingerprint density at radius 3 is 2.64 bits per heavy atom. The third kappa shape index (κ3) is 5.72.